The molecule has 0 saturated carbocycles. The van der Waals surface area contributed by atoms with Crippen LogP contribution >= 0.6 is 0 Å². The van der Waals surface area contributed by atoms with Crippen molar-refractivity contribution in [3.8, 4) is 24.7 Å². The fourth-order valence-corrected chi connectivity index (χ4v) is 4.10. The molecular weight excluding hydrogens is 588 g/mol. The molecule has 0 spiro atoms. The van der Waals surface area contributed by atoms with E-state index in [0.717, 1.165) is 34.1 Å². The van der Waals surface area contributed by atoms with Gasteiger partial charge in [-0.1, -0.05) is 0 Å². The second-order valence-corrected chi connectivity index (χ2v) is 10.1. The Hall–Kier alpha value is -4.34. The lowest BCUT2D eigenvalue weighted by Crippen LogP contribution is -2.43. The van der Waals surface area contributed by atoms with Crippen LogP contribution in [0.5, 0.6) is 0 Å². The van der Waals surface area contributed by atoms with Gasteiger partial charge in [-0.25, -0.2) is 0 Å². The largest absolute Gasteiger partial charge is 0.380 e. The van der Waals surface area contributed by atoms with Crippen molar-refractivity contribution in [3.05, 3.63) is 24.3 Å². The molecule has 2 aliphatic heterocycles. The minimum absolute atomic E-state index is 0.0163. The highest BCUT2D eigenvalue weighted by Gasteiger charge is 2.33. The van der Waals surface area contributed by atoms with Crippen LogP contribution in [0, 0.1) is 30.1 Å². The number of hydrogen-bond acceptors (Lipinski definition) is 10. The van der Waals surface area contributed by atoms with Gasteiger partial charge in [0.15, 0.2) is 0 Å². The molecule has 2 rings (SSSR count). The number of nitrogens with zero attached hydrogens (tertiary/aromatic N) is 2. The number of carbonyl (C=O) groups excluding carboxylic acids is 6. The summed E-state index contributed by atoms with van der Waals surface area (Å²) >= 11 is 0. The number of amides is 6. The highest BCUT2D eigenvalue weighted by atomic mass is 16.5. The Morgan fingerprint density at radius 1 is 0.622 bits per heavy atom. The first-order valence-corrected chi connectivity index (χ1v) is 14.5. The zero-order chi connectivity index (χ0) is 32.9. The predicted molar refractivity (Wildman–Crippen MR) is 160 cm³/mol. The van der Waals surface area contributed by atoms with Gasteiger partial charge in [-0.15, -0.1) is 24.7 Å². The molecule has 0 fully saturated rings. The molecule has 0 unspecified atom stereocenters. The monoisotopic (exact) mass is 628 g/mol. The second-order valence-electron chi connectivity index (χ2n) is 10.1. The van der Waals surface area contributed by atoms with Crippen molar-refractivity contribution in [2.24, 2.45) is 5.41 Å². The lowest BCUT2D eigenvalue weighted by molar-refractivity contribution is -0.139. The number of rotatable bonds is 24. The average molecular weight is 629 g/mol. The van der Waals surface area contributed by atoms with Crippen molar-refractivity contribution in [2.45, 2.75) is 25.7 Å². The molecule has 0 aromatic carbocycles. The second kappa shape index (κ2) is 20.6. The van der Waals surface area contributed by atoms with E-state index < -0.39 is 29.0 Å². The van der Waals surface area contributed by atoms with Gasteiger partial charge in [-0.05, 0) is 0 Å². The molecule has 0 bridgehead atoms. The van der Waals surface area contributed by atoms with Gasteiger partial charge in [0, 0.05) is 76.2 Å². The van der Waals surface area contributed by atoms with Gasteiger partial charge in [-0.3, -0.25) is 38.6 Å². The van der Waals surface area contributed by atoms with Crippen molar-refractivity contribution in [2.75, 3.05) is 79.0 Å². The predicted octanol–water partition coefficient (Wildman–Crippen LogP) is -1.05. The number of nitrogens with one attached hydrogen (secondary N) is 2. The van der Waals surface area contributed by atoms with Crippen molar-refractivity contribution in [1.82, 2.24) is 20.4 Å². The summed E-state index contributed by atoms with van der Waals surface area (Å²) in [5.41, 5.74) is -0.774. The molecule has 14 heteroatoms. The van der Waals surface area contributed by atoms with Gasteiger partial charge in [0.25, 0.3) is 23.6 Å². The third-order valence-electron chi connectivity index (χ3n) is 6.48. The Kier molecular flexibility index (Phi) is 16.9. The molecule has 0 aromatic heterocycles. The van der Waals surface area contributed by atoms with Crippen LogP contribution in [0.25, 0.3) is 0 Å². The van der Waals surface area contributed by atoms with Crippen LogP contribution < -0.4 is 10.6 Å². The third-order valence-corrected chi connectivity index (χ3v) is 6.48. The first kappa shape index (κ1) is 36.8. The number of terminal acetylenes is 2. The van der Waals surface area contributed by atoms with Gasteiger partial charge in [-0.2, -0.15) is 0 Å². The van der Waals surface area contributed by atoms with E-state index >= 15 is 0 Å². The molecule has 45 heavy (non-hydrogen) atoms. The third kappa shape index (κ3) is 13.9. The number of carbonyl (C=O) groups is 6. The van der Waals surface area contributed by atoms with E-state index in [4.69, 9.17) is 31.8 Å². The molecule has 0 radical (unpaired) electrons. The van der Waals surface area contributed by atoms with Crippen LogP contribution in [0.1, 0.15) is 25.7 Å². The zero-order valence-electron chi connectivity index (χ0n) is 25.3. The maximum atomic E-state index is 12.2. The molecule has 14 nitrogen and oxygen atoms in total. The van der Waals surface area contributed by atoms with Crippen molar-refractivity contribution in [1.29, 1.82) is 0 Å². The Bertz CT molecular complexity index is 1070. The van der Waals surface area contributed by atoms with Crippen molar-refractivity contribution < 1.29 is 47.7 Å². The molecule has 0 aromatic rings. The first-order valence-electron chi connectivity index (χ1n) is 14.5. The summed E-state index contributed by atoms with van der Waals surface area (Å²) in [7, 11) is 0. The highest BCUT2D eigenvalue weighted by molar-refractivity contribution is 6.13. The zero-order valence-corrected chi connectivity index (χ0v) is 25.3. The Balaban J connectivity index is 1.81. The number of hydrogen-bond donors (Lipinski definition) is 2. The summed E-state index contributed by atoms with van der Waals surface area (Å²) in [6.45, 7) is 1.89. The topological polar surface area (TPSA) is 170 Å². The average Bonchev–Trinajstić information content (AvgIpc) is 3.52. The van der Waals surface area contributed by atoms with E-state index in [1.807, 2.05) is 0 Å². The minimum Gasteiger partial charge on any atom is -0.380 e. The van der Waals surface area contributed by atoms with Crippen LogP contribution in [0.15, 0.2) is 24.3 Å². The lowest BCUT2D eigenvalue weighted by Gasteiger charge is -2.33. The van der Waals surface area contributed by atoms with Gasteiger partial charge < -0.3 is 29.6 Å². The lowest BCUT2D eigenvalue weighted by atomic mass is 9.92. The van der Waals surface area contributed by atoms with E-state index in [-0.39, 0.29) is 90.5 Å². The Morgan fingerprint density at radius 3 is 1.29 bits per heavy atom. The smallest absolute Gasteiger partial charge is 0.253 e. The molecule has 244 valence electrons. The molecule has 2 heterocycles. The quantitative estimate of drug-likeness (QED) is 0.0764. The number of ether oxygens (including phenoxy) is 4. The van der Waals surface area contributed by atoms with Gasteiger partial charge in [0.05, 0.1) is 58.3 Å². The number of imide groups is 2. The van der Waals surface area contributed by atoms with E-state index in [1.165, 1.54) is 0 Å². The van der Waals surface area contributed by atoms with Crippen molar-refractivity contribution >= 4 is 35.4 Å². The molecule has 6 amide bonds. The van der Waals surface area contributed by atoms with Crippen LogP contribution in [0.3, 0.4) is 0 Å². The summed E-state index contributed by atoms with van der Waals surface area (Å²) in [5, 5.41) is 5.38. The summed E-state index contributed by atoms with van der Waals surface area (Å²) in [6, 6.07) is 0. The standard InChI is InChI=1S/C31H40N4O10/c1-3-5-17-42-21-31(22-43-18-6-4-2,23-44-19-13-32-25(36)11-15-34-27(38)7-8-28(34)39)24-45-20-14-33-26(37)12-16-35-29(40)9-10-30(35)41/h1-2,7-10H,5-6,11-24H2,(H,32,36)(H,33,37). The van der Waals surface area contributed by atoms with Gasteiger partial charge >= 0.3 is 0 Å². The summed E-state index contributed by atoms with van der Waals surface area (Å²) in [5.74, 6) is 2.55. The van der Waals surface area contributed by atoms with Crippen LogP contribution in [-0.4, -0.2) is 124 Å². The molecule has 2 aliphatic rings. The van der Waals surface area contributed by atoms with Crippen LogP contribution in [0.2, 0.25) is 0 Å². The molecule has 0 saturated heterocycles. The summed E-state index contributed by atoms with van der Waals surface area (Å²) in [6.07, 6.45) is 16.1. The van der Waals surface area contributed by atoms with E-state index in [1.54, 1.807) is 0 Å². The summed E-state index contributed by atoms with van der Waals surface area (Å²) in [4.78, 5) is 72.8. The minimum atomic E-state index is -0.774. The van der Waals surface area contributed by atoms with Crippen molar-refractivity contribution in [3.63, 3.8) is 0 Å². The maximum Gasteiger partial charge on any atom is 0.253 e. The van der Waals surface area contributed by atoms with Crippen LogP contribution in [-0.2, 0) is 47.7 Å². The summed E-state index contributed by atoms with van der Waals surface area (Å²) < 4.78 is 23.3. The Morgan fingerprint density at radius 2 is 0.956 bits per heavy atom. The molecule has 0 atom stereocenters. The first-order chi connectivity index (χ1) is 21.7. The normalized spacial score (nSPS) is 14.3. The molecular formula is C31H40N4O10. The Labute approximate surface area is 262 Å². The molecule has 0 aliphatic carbocycles. The van der Waals surface area contributed by atoms with Crippen LogP contribution in [0.4, 0.5) is 0 Å². The maximum absolute atomic E-state index is 12.2. The van der Waals surface area contributed by atoms with Gasteiger partial charge in [0.1, 0.15) is 0 Å². The van der Waals surface area contributed by atoms with E-state index in [0.29, 0.717) is 26.1 Å². The van der Waals surface area contributed by atoms with Gasteiger partial charge in [0.2, 0.25) is 11.8 Å². The van der Waals surface area contributed by atoms with E-state index in [2.05, 4.69) is 22.5 Å². The highest BCUT2D eigenvalue weighted by Crippen LogP contribution is 2.21. The fraction of sp³-hybridized carbons (Fsp3) is 0.548. The fourth-order valence-electron chi connectivity index (χ4n) is 4.10. The van der Waals surface area contributed by atoms with E-state index in [9.17, 15) is 28.8 Å². The molecule has 2 N–H and O–H groups in total. The SMILES string of the molecule is C#CCCOCC(COCCC#C)(COCCNC(=O)CCN1C(=O)C=CC1=O)COCCNC(=O)CCN1C(=O)C=CC1=O.